The molecule has 2 aromatic heterocycles. The number of benzene rings is 1. The minimum absolute atomic E-state index is 0.0875. The predicted octanol–water partition coefficient (Wildman–Crippen LogP) is 3.65. The van der Waals surface area contributed by atoms with Crippen LogP contribution in [0.2, 0.25) is 5.02 Å². The van der Waals surface area contributed by atoms with Gasteiger partial charge in [0.15, 0.2) is 5.65 Å². The number of aromatic amines is 1. The van der Waals surface area contributed by atoms with Gasteiger partial charge in [-0.15, -0.1) is 13.2 Å². The largest absolute Gasteiger partial charge is 0.573 e. The van der Waals surface area contributed by atoms with Crippen molar-refractivity contribution in [2.75, 3.05) is 11.9 Å². The van der Waals surface area contributed by atoms with Crippen molar-refractivity contribution in [1.29, 1.82) is 0 Å². The smallest absolute Gasteiger partial charge is 0.405 e. The maximum atomic E-state index is 12.8. The third-order valence-electron chi connectivity index (χ3n) is 5.53. The molecule has 32 heavy (non-hydrogen) atoms. The van der Waals surface area contributed by atoms with Gasteiger partial charge in [0.05, 0.1) is 12.7 Å². The Morgan fingerprint density at radius 1 is 1.28 bits per heavy atom. The Balaban J connectivity index is 1.58. The molecule has 1 saturated carbocycles. The minimum atomic E-state index is -4.88. The minimum Gasteiger partial charge on any atom is -0.405 e. The van der Waals surface area contributed by atoms with E-state index in [0.717, 1.165) is 31.7 Å². The fraction of sp³-hybridized carbons (Fsp3) is 0.450. The van der Waals surface area contributed by atoms with Crippen molar-refractivity contribution in [1.82, 2.24) is 19.5 Å². The van der Waals surface area contributed by atoms with E-state index in [9.17, 15) is 18.0 Å². The first-order valence-electron chi connectivity index (χ1n) is 10.2. The molecule has 1 fully saturated rings. The van der Waals surface area contributed by atoms with E-state index in [4.69, 9.17) is 17.3 Å². The lowest BCUT2D eigenvalue weighted by Crippen LogP contribution is -2.29. The molecule has 0 radical (unpaired) electrons. The highest BCUT2D eigenvalue weighted by molar-refractivity contribution is 6.30. The summed E-state index contributed by atoms with van der Waals surface area (Å²) in [7, 11) is 0. The lowest BCUT2D eigenvalue weighted by Gasteiger charge is -2.26. The van der Waals surface area contributed by atoms with Crippen LogP contribution in [-0.2, 0) is 6.54 Å². The normalized spacial score (nSPS) is 19.3. The Morgan fingerprint density at radius 3 is 2.75 bits per heavy atom. The van der Waals surface area contributed by atoms with Crippen LogP contribution in [0.1, 0.15) is 31.2 Å². The van der Waals surface area contributed by atoms with Gasteiger partial charge in [-0.1, -0.05) is 11.6 Å². The number of rotatable bonds is 6. The summed E-state index contributed by atoms with van der Waals surface area (Å²) in [6.07, 6.45) is 0.571. The van der Waals surface area contributed by atoms with Gasteiger partial charge in [0.25, 0.3) is 0 Å². The molecule has 0 spiro atoms. The fourth-order valence-electron chi connectivity index (χ4n) is 3.87. The second-order valence-corrected chi connectivity index (χ2v) is 8.35. The zero-order valence-corrected chi connectivity index (χ0v) is 17.7. The number of ether oxygens (including phenoxy) is 1. The summed E-state index contributed by atoms with van der Waals surface area (Å²) >= 11 is 5.96. The van der Waals surface area contributed by atoms with Gasteiger partial charge in [-0.3, -0.25) is 4.57 Å². The molecule has 0 amide bonds. The second kappa shape index (κ2) is 8.99. The van der Waals surface area contributed by atoms with Gasteiger partial charge in [0, 0.05) is 23.2 Å². The van der Waals surface area contributed by atoms with Crippen molar-refractivity contribution >= 4 is 28.7 Å². The van der Waals surface area contributed by atoms with Crippen molar-refractivity contribution < 1.29 is 17.9 Å². The summed E-state index contributed by atoms with van der Waals surface area (Å²) in [5, 5.41) is 3.40. The number of imidazole rings is 1. The van der Waals surface area contributed by atoms with Crippen molar-refractivity contribution in [2.45, 2.75) is 44.6 Å². The highest BCUT2D eigenvalue weighted by Crippen LogP contribution is 2.29. The van der Waals surface area contributed by atoms with Crippen LogP contribution >= 0.6 is 11.6 Å². The Bertz CT molecular complexity index is 1150. The average molecular weight is 471 g/mol. The molecule has 3 aromatic rings. The summed E-state index contributed by atoms with van der Waals surface area (Å²) in [5.41, 5.74) is 6.12. The van der Waals surface area contributed by atoms with E-state index in [-0.39, 0.29) is 28.8 Å². The molecule has 2 heterocycles. The predicted molar refractivity (Wildman–Crippen MR) is 114 cm³/mol. The summed E-state index contributed by atoms with van der Waals surface area (Å²) in [5.74, 6) is 0.347. The molecule has 0 atom stereocenters. The van der Waals surface area contributed by atoms with Gasteiger partial charge in [0.2, 0.25) is 5.95 Å². The number of hydrogen-bond acceptors (Lipinski definition) is 6. The van der Waals surface area contributed by atoms with Gasteiger partial charge in [-0.25, -0.2) is 9.78 Å². The first-order valence-corrected chi connectivity index (χ1v) is 10.5. The van der Waals surface area contributed by atoms with Gasteiger partial charge in [-0.2, -0.15) is 4.98 Å². The van der Waals surface area contributed by atoms with Gasteiger partial charge >= 0.3 is 12.1 Å². The van der Waals surface area contributed by atoms with Crippen LogP contribution in [0.25, 0.3) is 11.2 Å². The highest BCUT2D eigenvalue weighted by Gasteiger charge is 2.32. The Kier molecular flexibility index (Phi) is 6.29. The highest BCUT2D eigenvalue weighted by atomic mass is 35.5. The van der Waals surface area contributed by atoms with E-state index in [1.54, 1.807) is 0 Å². The van der Waals surface area contributed by atoms with E-state index in [1.165, 1.54) is 22.9 Å². The molecule has 0 aliphatic heterocycles. The van der Waals surface area contributed by atoms with Crippen LogP contribution in [-0.4, -0.2) is 38.5 Å². The summed E-state index contributed by atoms with van der Waals surface area (Å²) in [6.45, 7) is 0.451. The number of nitrogens with zero attached hydrogens (tertiary/aromatic N) is 3. The molecular weight excluding hydrogens is 449 g/mol. The topological polar surface area (TPSA) is 111 Å². The van der Waals surface area contributed by atoms with Crippen molar-refractivity contribution in [3.05, 3.63) is 45.5 Å². The maximum Gasteiger partial charge on any atom is 0.573 e. The third kappa shape index (κ3) is 5.33. The van der Waals surface area contributed by atoms with Crippen LogP contribution < -0.4 is 21.5 Å². The molecule has 0 bridgehead atoms. The molecule has 0 unspecified atom stereocenters. The maximum absolute atomic E-state index is 12.8. The van der Waals surface area contributed by atoms with Gasteiger partial charge < -0.3 is 20.8 Å². The molecule has 1 aliphatic carbocycles. The van der Waals surface area contributed by atoms with E-state index in [0.29, 0.717) is 23.9 Å². The number of aromatic nitrogens is 4. The zero-order valence-electron chi connectivity index (χ0n) is 17.0. The Hall–Kier alpha value is -2.79. The van der Waals surface area contributed by atoms with Crippen LogP contribution in [0.3, 0.4) is 0 Å². The molecule has 4 N–H and O–H groups in total. The first kappa shape index (κ1) is 22.4. The molecule has 8 nitrogen and oxygen atoms in total. The number of nitrogens with two attached hydrogens (primary N) is 1. The molecule has 0 saturated heterocycles. The van der Waals surface area contributed by atoms with Crippen molar-refractivity contribution in [3.63, 3.8) is 0 Å². The van der Waals surface area contributed by atoms with Crippen LogP contribution in [0.5, 0.6) is 5.75 Å². The quantitative estimate of drug-likeness (QED) is 0.507. The average Bonchev–Trinajstić information content (AvgIpc) is 3.03. The van der Waals surface area contributed by atoms with Crippen LogP contribution in [0, 0.1) is 5.92 Å². The number of H-pyrrole nitrogens is 1. The van der Waals surface area contributed by atoms with E-state index >= 15 is 0 Å². The Morgan fingerprint density at radius 2 is 2.03 bits per heavy atom. The summed E-state index contributed by atoms with van der Waals surface area (Å²) in [6, 6.07) is 3.98. The number of alkyl halides is 3. The number of anilines is 1. The first-order chi connectivity index (χ1) is 15.2. The lowest BCUT2D eigenvalue weighted by atomic mass is 9.86. The monoisotopic (exact) mass is 470 g/mol. The number of hydrogen-bond donors (Lipinski definition) is 3. The summed E-state index contributed by atoms with van der Waals surface area (Å²) in [4.78, 5) is 23.7. The lowest BCUT2D eigenvalue weighted by molar-refractivity contribution is -0.274. The third-order valence-corrected chi connectivity index (χ3v) is 5.76. The zero-order chi connectivity index (χ0) is 22.9. The fourth-order valence-corrected chi connectivity index (χ4v) is 4.07. The van der Waals surface area contributed by atoms with E-state index in [1.807, 2.05) is 0 Å². The molecule has 1 aliphatic rings. The van der Waals surface area contributed by atoms with Gasteiger partial charge in [-0.05, 0) is 49.8 Å². The van der Waals surface area contributed by atoms with Crippen molar-refractivity contribution in [2.24, 2.45) is 11.7 Å². The number of nitrogens with one attached hydrogen (secondary N) is 2. The van der Waals surface area contributed by atoms with Gasteiger partial charge in [0.1, 0.15) is 11.3 Å². The molecule has 1 aromatic carbocycles. The molecular formula is C20H22ClF3N6O2. The summed E-state index contributed by atoms with van der Waals surface area (Å²) < 4.78 is 43.6. The van der Waals surface area contributed by atoms with Crippen molar-refractivity contribution in [3.8, 4) is 5.75 Å². The molecule has 4 rings (SSSR count). The standard InChI is InChI=1S/C20H22ClF3N6O2/c21-13-3-6-16(32-20(22,23)24)12(7-13)10-30-17-15(28-19(30)31)9-27-18(29-17)26-8-11-1-4-14(25)5-2-11/h3,6-7,9,11,14H,1-2,4-5,8,10,25H2,(H,28,31)(H,26,27,29). The van der Waals surface area contributed by atoms with Crippen LogP contribution in [0.4, 0.5) is 19.1 Å². The number of fused-ring (bicyclic) bond motifs is 1. The molecule has 12 heteroatoms. The van der Waals surface area contributed by atoms with E-state index < -0.39 is 17.8 Å². The number of halogens is 4. The Labute approximate surface area is 185 Å². The second-order valence-electron chi connectivity index (χ2n) is 7.91. The SMILES string of the molecule is NC1CCC(CNc2ncc3[nH]c(=O)n(Cc4cc(Cl)ccc4OC(F)(F)F)c3n2)CC1. The molecule has 172 valence electrons. The van der Waals surface area contributed by atoms with Crippen LogP contribution in [0.15, 0.2) is 29.2 Å². The van der Waals surface area contributed by atoms with E-state index in [2.05, 4.69) is 25.0 Å².